The molecule has 0 spiro atoms. The molecule has 61 heavy (non-hydrogen) atoms. The van der Waals surface area contributed by atoms with E-state index in [9.17, 15) is 0 Å². The van der Waals surface area contributed by atoms with Gasteiger partial charge in [0.2, 0.25) is 0 Å². The molecular weight excluding hydrogens is 737 g/mol. The van der Waals surface area contributed by atoms with Crippen molar-refractivity contribution in [3.05, 3.63) is 243 Å². The molecule has 1 aromatic heterocycles. The van der Waals surface area contributed by atoms with Crippen LogP contribution in [0.15, 0.2) is 247 Å². The maximum Gasteiger partial charge on any atom is 0.143 e. The summed E-state index contributed by atoms with van der Waals surface area (Å²) in [6.45, 7) is 0. The number of furan rings is 1. The lowest BCUT2D eigenvalue weighted by Crippen LogP contribution is -1.89. The molecule has 0 amide bonds. The summed E-state index contributed by atoms with van der Waals surface area (Å²) in [5.41, 5.74) is 20.3. The van der Waals surface area contributed by atoms with Crippen molar-refractivity contribution < 1.29 is 4.42 Å². The minimum Gasteiger partial charge on any atom is -0.455 e. The topological polar surface area (TPSA) is 13.1 Å². The van der Waals surface area contributed by atoms with Gasteiger partial charge in [-0.05, 0) is 114 Å². The zero-order valence-electron chi connectivity index (χ0n) is 33.5. The summed E-state index contributed by atoms with van der Waals surface area (Å²) in [7, 11) is 0. The largest absolute Gasteiger partial charge is 0.455 e. The van der Waals surface area contributed by atoms with E-state index in [2.05, 4.69) is 243 Å². The molecule has 0 atom stereocenters. The van der Waals surface area contributed by atoms with Crippen LogP contribution < -0.4 is 0 Å². The van der Waals surface area contributed by atoms with Gasteiger partial charge in [0.05, 0.1) is 0 Å². The predicted molar refractivity (Wildman–Crippen MR) is 257 cm³/mol. The zero-order valence-corrected chi connectivity index (χ0v) is 33.5. The molecule has 0 aliphatic carbocycles. The summed E-state index contributed by atoms with van der Waals surface area (Å²) in [5, 5.41) is 2.20. The first-order chi connectivity index (χ1) is 30.2. The molecule has 0 radical (unpaired) electrons. The van der Waals surface area contributed by atoms with Gasteiger partial charge in [0, 0.05) is 21.9 Å². The second-order valence-corrected chi connectivity index (χ2v) is 15.6. The molecule has 0 saturated carbocycles. The molecule has 11 rings (SSSR count). The van der Waals surface area contributed by atoms with Crippen LogP contribution in [-0.2, 0) is 0 Å². The third-order valence-electron chi connectivity index (χ3n) is 11.9. The Bertz CT molecular complexity index is 2990. The number of benzene rings is 10. The van der Waals surface area contributed by atoms with E-state index in [-0.39, 0.29) is 0 Å². The Balaban J connectivity index is 1.08. The fourth-order valence-electron chi connectivity index (χ4n) is 8.94. The van der Waals surface area contributed by atoms with Crippen molar-refractivity contribution in [2.24, 2.45) is 0 Å². The van der Waals surface area contributed by atoms with Crippen LogP contribution in [0.4, 0.5) is 0 Å². The second-order valence-electron chi connectivity index (χ2n) is 15.6. The van der Waals surface area contributed by atoms with E-state index in [0.29, 0.717) is 0 Å². The summed E-state index contributed by atoms with van der Waals surface area (Å²) in [6.07, 6.45) is 0. The van der Waals surface area contributed by atoms with Crippen LogP contribution in [0.1, 0.15) is 0 Å². The van der Waals surface area contributed by atoms with Crippen molar-refractivity contribution in [2.75, 3.05) is 0 Å². The van der Waals surface area contributed by atoms with Gasteiger partial charge in [-0.15, -0.1) is 0 Å². The highest BCUT2D eigenvalue weighted by Gasteiger charge is 2.20. The van der Waals surface area contributed by atoms with Crippen LogP contribution in [0.2, 0.25) is 0 Å². The van der Waals surface area contributed by atoms with Gasteiger partial charge in [0.15, 0.2) is 0 Å². The highest BCUT2D eigenvalue weighted by atomic mass is 16.3. The molecular formula is C60H40O. The SMILES string of the molecule is c1ccc(-c2cc(-c3ccccc3)cc(-c3ccccc3-c3cccc4c3oc3c(-c5ccccc5-c5cc(-c6ccccc6)cc(-c6ccccc6)c5)cccc34)c2)cc1. The third-order valence-corrected chi connectivity index (χ3v) is 11.9. The van der Waals surface area contributed by atoms with Crippen LogP contribution >= 0.6 is 0 Å². The summed E-state index contributed by atoms with van der Waals surface area (Å²) in [6, 6.07) is 87.2. The summed E-state index contributed by atoms with van der Waals surface area (Å²) < 4.78 is 7.18. The molecule has 1 heteroatoms. The standard InChI is InChI=1S/C60H40O/c1-5-19-41(20-6-1)45-35-46(42-21-7-2-8-22-42)38-49(37-45)51-27-13-15-29-53(51)55-31-17-33-57-58-34-18-32-56(60(58)61-59(55)57)54-30-16-14-28-52(54)50-39-47(43-23-9-3-10-24-43)36-48(40-50)44-25-11-4-12-26-44/h1-40H. The van der Waals surface area contributed by atoms with Crippen molar-refractivity contribution in [1.82, 2.24) is 0 Å². The first-order valence-electron chi connectivity index (χ1n) is 20.9. The van der Waals surface area contributed by atoms with Crippen LogP contribution in [0.3, 0.4) is 0 Å². The van der Waals surface area contributed by atoms with Gasteiger partial charge >= 0.3 is 0 Å². The van der Waals surface area contributed by atoms with Crippen LogP contribution in [-0.4, -0.2) is 0 Å². The number of fused-ring (bicyclic) bond motifs is 3. The van der Waals surface area contributed by atoms with Crippen molar-refractivity contribution in [3.8, 4) is 89.0 Å². The Morgan fingerprint density at radius 2 is 0.443 bits per heavy atom. The lowest BCUT2D eigenvalue weighted by molar-refractivity contribution is 0.671. The second kappa shape index (κ2) is 15.6. The molecule has 1 heterocycles. The number of hydrogen-bond donors (Lipinski definition) is 0. The molecule has 0 unspecified atom stereocenters. The third kappa shape index (κ3) is 6.83. The molecule has 1 nitrogen and oxygen atoms in total. The monoisotopic (exact) mass is 776 g/mol. The van der Waals surface area contributed by atoms with Crippen molar-refractivity contribution in [3.63, 3.8) is 0 Å². The highest BCUT2D eigenvalue weighted by molar-refractivity contribution is 6.14. The molecule has 0 saturated heterocycles. The number of hydrogen-bond acceptors (Lipinski definition) is 1. The van der Waals surface area contributed by atoms with E-state index in [0.717, 1.165) is 66.4 Å². The highest BCUT2D eigenvalue weighted by Crippen LogP contribution is 2.45. The van der Waals surface area contributed by atoms with E-state index >= 15 is 0 Å². The lowest BCUT2D eigenvalue weighted by atomic mass is 9.89. The molecule has 0 aliphatic heterocycles. The maximum absolute atomic E-state index is 7.18. The molecule has 10 aromatic carbocycles. The number of para-hydroxylation sites is 2. The Morgan fingerprint density at radius 3 is 0.770 bits per heavy atom. The van der Waals surface area contributed by atoms with Gasteiger partial charge in [0.25, 0.3) is 0 Å². The smallest absolute Gasteiger partial charge is 0.143 e. The van der Waals surface area contributed by atoms with Crippen molar-refractivity contribution >= 4 is 21.9 Å². The summed E-state index contributed by atoms with van der Waals surface area (Å²) in [4.78, 5) is 0. The first kappa shape index (κ1) is 36.1. The van der Waals surface area contributed by atoms with E-state index in [1.807, 2.05) is 0 Å². The molecule has 0 N–H and O–H groups in total. The summed E-state index contributed by atoms with van der Waals surface area (Å²) >= 11 is 0. The minimum absolute atomic E-state index is 0.884. The van der Waals surface area contributed by atoms with Gasteiger partial charge in [0.1, 0.15) is 11.2 Å². The molecule has 11 aromatic rings. The molecule has 0 aliphatic rings. The predicted octanol–water partition coefficient (Wildman–Crippen LogP) is 16.9. The molecule has 0 fully saturated rings. The van der Waals surface area contributed by atoms with Gasteiger partial charge in [-0.1, -0.05) is 206 Å². The fourth-order valence-corrected chi connectivity index (χ4v) is 8.94. The normalized spacial score (nSPS) is 11.3. The summed E-state index contributed by atoms with van der Waals surface area (Å²) in [5.74, 6) is 0. The van der Waals surface area contributed by atoms with Gasteiger partial charge in [-0.3, -0.25) is 0 Å². The van der Waals surface area contributed by atoms with Gasteiger partial charge in [-0.25, -0.2) is 0 Å². The number of rotatable bonds is 8. The van der Waals surface area contributed by atoms with E-state index in [1.165, 1.54) is 44.5 Å². The lowest BCUT2D eigenvalue weighted by Gasteiger charge is -2.15. The minimum atomic E-state index is 0.884. The molecule has 286 valence electrons. The quantitative estimate of drug-likeness (QED) is 0.150. The Morgan fingerprint density at radius 1 is 0.180 bits per heavy atom. The van der Waals surface area contributed by atoms with Crippen LogP contribution in [0.25, 0.3) is 111 Å². The molecule has 0 bridgehead atoms. The van der Waals surface area contributed by atoms with Crippen molar-refractivity contribution in [2.45, 2.75) is 0 Å². The zero-order chi connectivity index (χ0) is 40.5. The van der Waals surface area contributed by atoms with Crippen molar-refractivity contribution in [1.29, 1.82) is 0 Å². The Kier molecular flexibility index (Phi) is 9.26. The van der Waals surface area contributed by atoms with Gasteiger partial charge < -0.3 is 4.42 Å². The first-order valence-corrected chi connectivity index (χ1v) is 20.9. The van der Waals surface area contributed by atoms with E-state index in [4.69, 9.17) is 4.42 Å². The van der Waals surface area contributed by atoms with Crippen LogP contribution in [0.5, 0.6) is 0 Å². The Labute approximate surface area is 356 Å². The Hall–Kier alpha value is -8.00. The van der Waals surface area contributed by atoms with Gasteiger partial charge in [-0.2, -0.15) is 0 Å². The maximum atomic E-state index is 7.18. The fraction of sp³-hybridized carbons (Fsp3) is 0. The average molecular weight is 777 g/mol. The average Bonchev–Trinajstić information content (AvgIpc) is 3.74. The van der Waals surface area contributed by atoms with Crippen LogP contribution in [0, 0.1) is 0 Å². The van der Waals surface area contributed by atoms with E-state index in [1.54, 1.807) is 0 Å². The van der Waals surface area contributed by atoms with E-state index < -0.39 is 0 Å².